The zero-order valence-corrected chi connectivity index (χ0v) is 11.2. The van der Waals surface area contributed by atoms with Crippen molar-refractivity contribution >= 4 is 0 Å². The second-order valence-corrected chi connectivity index (χ2v) is 4.38. The molecule has 96 valence electrons. The normalized spacial score (nSPS) is 10.8. The SMILES string of the molecule is CCCNCCCNCc1cc(C)nnc1C. The van der Waals surface area contributed by atoms with E-state index in [1.165, 1.54) is 12.0 Å². The van der Waals surface area contributed by atoms with E-state index in [2.05, 4.69) is 33.8 Å². The van der Waals surface area contributed by atoms with Gasteiger partial charge in [-0.15, -0.1) is 0 Å². The van der Waals surface area contributed by atoms with E-state index >= 15 is 0 Å². The van der Waals surface area contributed by atoms with Gasteiger partial charge in [0.05, 0.1) is 11.4 Å². The lowest BCUT2D eigenvalue weighted by Crippen LogP contribution is -2.22. The molecule has 1 aromatic rings. The molecule has 0 aliphatic carbocycles. The number of hydrogen-bond acceptors (Lipinski definition) is 4. The number of hydrogen-bond donors (Lipinski definition) is 2. The topological polar surface area (TPSA) is 49.8 Å². The highest BCUT2D eigenvalue weighted by Crippen LogP contribution is 2.04. The van der Waals surface area contributed by atoms with E-state index in [1.807, 2.05) is 13.8 Å². The summed E-state index contributed by atoms with van der Waals surface area (Å²) in [7, 11) is 0. The fraction of sp³-hybridized carbons (Fsp3) is 0.692. The van der Waals surface area contributed by atoms with Gasteiger partial charge in [-0.1, -0.05) is 6.92 Å². The predicted octanol–water partition coefficient (Wildman–Crippen LogP) is 1.57. The number of aromatic nitrogens is 2. The largest absolute Gasteiger partial charge is 0.317 e. The van der Waals surface area contributed by atoms with E-state index in [1.54, 1.807) is 0 Å². The maximum Gasteiger partial charge on any atom is 0.0645 e. The third-order valence-electron chi connectivity index (χ3n) is 2.65. The smallest absolute Gasteiger partial charge is 0.0645 e. The minimum absolute atomic E-state index is 0.885. The van der Waals surface area contributed by atoms with Crippen molar-refractivity contribution < 1.29 is 0 Å². The van der Waals surface area contributed by atoms with Crippen LogP contribution in [0.15, 0.2) is 6.07 Å². The van der Waals surface area contributed by atoms with Crippen LogP contribution in [0.2, 0.25) is 0 Å². The molecule has 0 fully saturated rings. The van der Waals surface area contributed by atoms with Crippen molar-refractivity contribution in [3.8, 4) is 0 Å². The van der Waals surface area contributed by atoms with Gasteiger partial charge in [0.2, 0.25) is 0 Å². The van der Waals surface area contributed by atoms with E-state index in [-0.39, 0.29) is 0 Å². The molecule has 0 spiro atoms. The van der Waals surface area contributed by atoms with Crippen LogP contribution in [-0.4, -0.2) is 29.8 Å². The monoisotopic (exact) mass is 236 g/mol. The van der Waals surface area contributed by atoms with Crippen molar-refractivity contribution in [2.75, 3.05) is 19.6 Å². The van der Waals surface area contributed by atoms with Gasteiger partial charge >= 0.3 is 0 Å². The minimum Gasteiger partial charge on any atom is -0.317 e. The Balaban J connectivity index is 2.15. The summed E-state index contributed by atoms with van der Waals surface area (Å²) in [6.45, 7) is 10.3. The Bertz CT molecular complexity index is 325. The zero-order chi connectivity index (χ0) is 12.5. The van der Waals surface area contributed by atoms with Gasteiger partial charge in [-0.05, 0) is 58.0 Å². The fourth-order valence-electron chi connectivity index (χ4n) is 1.65. The zero-order valence-electron chi connectivity index (χ0n) is 11.2. The van der Waals surface area contributed by atoms with Gasteiger partial charge in [0.25, 0.3) is 0 Å². The standard InChI is InChI=1S/C13H24N4/c1-4-6-14-7-5-8-15-10-13-9-11(2)16-17-12(13)3/h9,14-15H,4-8,10H2,1-3H3. The summed E-state index contributed by atoms with van der Waals surface area (Å²) in [5.41, 5.74) is 3.25. The molecular weight excluding hydrogens is 212 g/mol. The molecule has 1 rings (SSSR count). The Hall–Kier alpha value is -1.00. The number of rotatable bonds is 8. The molecule has 0 saturated heterocycles. The third kappa shape index (κ3) is 5.75. The lowest BCUT2D eigenvalue weighted by atomic mass is 10.2. The van der Waals surface area contributed by atoms with Crippen LogP contribution in [-0.2, 0) is 6.54 Å². The van der Waals surface area contributed by atoms with Crippen molar-refractivity contribution in [2.45, 2.75) is 40.2 Å². The van der Waals surface area contributed by atoms with Crippen LogP contribution in [0.3, 0.4) is 0 Å². The molecule has 2 N–H and O–H groups in total. The van der Waals surface area contributed by atoms with Crippen LogP contribution in [0.4, 0.5) is 0 Å². The molecule has 0 bridgehead atoms. The van der Waals surface area contributed by atoms with Crippen LogP contribution in [0.1, 0.15) is 36.7 Å². The quantitative estimate of drug-likeness (QED) is 0.673. The Kier molecular flexibility index (Phi) is 6.74. The maximum atomic E-state index is 4.12. The van der Waals surface area contributed by atoms with Crippen molar-refractivity contribution in [2.24, 2.45) is 0 Å². The van der Waals surface area contributed by atoms with E-state index in [0.29, 0.717) is 0 Å². The predicted molar refractivity (Wildman–Crippen MR) is 71.0 cm³/mol. The molecule has 0 aliphatic rings. The van der Waals surface area contributed by atoms with Gasteiger partial charge in [-0.25, -0.2) is 0 Å². The second kappa shape index (κ2) is 8.14. The van der Waals surface area contributed by atoms with Crippen molar-refractivity contribution in [1.29, 1.82) is 0 Å². The summed E-state index contributed by atoms with van der Waals surface area (Å²) in [5, 5.41) is 15.0. The fourth-order valence-corrected chi connectivity index (χ4v) is 1.65. The average Bonchev–Trinajstić information content (AvgIpc) is 2.32. The highest BCUT2D eigenvalue weighted by molar-refractivity contribution is 5.19. The Morgan fingerprint density at radius 3 is 2.59 bits per heavy atom. The van der Waals surface area contributed by atoms with Crippen LogP contribution in [0.25, 0.3) is 0 Å². The lowest BCUT2D eigenvalue weighted by Gasteiger charge is -2.07. The van der Waals surface area contributed by atoms with Crippen molar-refractivity contribution in [1.82, 2.24) is 20.8 Å². The molecule has 4 nitrogen and oxygen atoms in total. The Labute approximate surface area is 104 Å². The lowest BCUT2D eigenvalue weighted by molar-refractivity contribution is 0.590. The van der Waals surface area contributed by atoms with Gasteiger partial charge in [-0.3, -0.25) is 0 Å². The van der Waals surface area contributed by atoms with Crippen LogP contribution >= 0.6 is 0 Å². The molecule has 0 saturated carbocycles. The first-order valence-electron chi connectivity index (χ1n) is 6.45. The number of aryl methyl sites for hydroxylation is 2. The van der Waals surface area contributed by atoms with Crippen LogP contribution < -0.4 is 10.6 Å². The summed E-state index contributed by atoms with van der Waals surface area (Å²) in [6.07, 6.45) is 2.37. The van der Waals surface area contributed by atoms with Gasteiger partial charge in [0.15, 0.2) is 0 Å². The third-order valence-corrected chi connectivity index (χ3v) is 2.65. The van der Waals surface area contributed by atoms with E-state index in [4.69, 9.17) is 0 Å². The molecule has 0 unspecified atom stereocenters. The molecule has 0 radical (unpaired) electrons. The molecule has 1 heterocycles. The Morgan fingerprint density at radius 2 is 1.82 bits per heavy atom. The van der Waals surface area contributed by atoms with E-state index in [9.17, 15) is 0 Å². The second-order valence-electron chi connectivity index (χ2n) is 4.38. The van der Waals surface area contributed by atoms with Gasteiger partial charge < -0.3 is 10.6 Å². The summed E-state index contributed by atoms with van der Waals surface area (Å²) in [5.74, 6) is 0. The minimum atomic E-state index is 0.885. The van der Waals surface area contributed by atoms with Crippen LogP contribution in [0, 0.1) is 13.8 Å². The first kappa shape index (κ1) is 14.1. The van der Waals surface area contributed by atoms with Gasteiger partial charge in [-0.2, -0.15) is 10.2 Å². The maximum absolute atomic E-state index is 4.12. The van der Waals surface area contributed by atoms with E-state index < -0.39 is 0 Å². The molecule has 0 aromatic carbocycles. The van der Waals surface area contributed by atoms with Crippen molar-refractivity contribution in [3.05, 3.63) is 23.0 Å². The highest BCUT2D eigenvalue weighted by atomic mass is 15.1. The average molecular weight is 236 g/mol. The van der Waals surface area contributed by atoms with Crippen molar-refractivity contribution in [3.63, 3.8) is 0 Å². The number of nitrogens with one attached hydrogen (secondary N) is 2. The van der Waals surface area contributed by atoms with Gasteiger partial charge in [0.1, 0.15) is 0 Å². The molecule has 0 atom stereocenters. The Morgan fingerprint density at radius 1 is 1.06 bits per heavy atom. The molecule has 1 aromatic heterocycles. The van der Waals surface area contributed by atoms with E-state index in [0.717, 1.165) is 44.0 Å². The summed E-state index contributed by atoms with van der Waals surface area (Å²) < 4.78 is 0. The molecule has 17 heavy (non-hydrogen) atoms. The first-order chi connectivity index (χ1) is 8.24. The summed E-state index contributed by atoms with van der Waals surface area (Å²) >= 11 is 0. The van der Waals surface area contributed by atoms with Gasteiger partial charge in [0, 0.05) is 6.54 Å². The molecular formula is C13H24N4. The molecule has 0 amide bonds. The summed E-state index contributed by atoms with van der Waals surface area (Å²) in [4.78, 5) is 0. The van der Waals surface area contributed by atoms with Crippen LogP contribution in [0.5, 0.6) is 0 Å². The highest BCUT2D eigenvalue weighted by Gasteiger charge is 2.00. The summed E-state index contributed by atoms with van der Waals surface area (Å²) in [6, 6.07) is 2.10. The number of nitrogens with zero attached hydrogens (tertiary/aromatic N) is 2. The molecule has 0 aliphatic heterocycles. The molecule has 4 heteroatoms. The first-order valence-corrected chi connectivity index (χ1v) is 6.45.